The van der Waals surface area contributed by atoms with Crippen molar-refractivity contribution in [2.24, 2.45) is 5.41 Å². The Bertz CT molecular complexity index is 827. The van der Waals surface area contributed by atoms with Crippen LogP contribution in [0.4, 0.5) is 0 Å². The Morgan fingerprint density at radius 3 is 2.72 bits per heavy atom. The molecule has 1 atom stereocenters. The summed E-state index contributed by atoms with van der Waals surface area (Å²) in [5, 5.41) is 26.1. The lowest BCUT2D eigenvalue weighted by molar-refractivity contribution is -0.121. The van der Waals surface area contributed by atoms with Gasteiger partial charge in [-0.15, -0.1) is 0 Å². The maximum absolute atomic E-state index is 12.1. The number of fused-ring (bicyclic) bond motifs is 1. The van der Waals surface area contributed by atoms with E-state index in [0.29, 0.717) is 24.1 Å². The molecule has 2 aromatic heterocycles. The SMILES string of the molecule is Cc1nc2c(C#N)cnn2c(C)c1CCC(=O)NCC(O)C(C)(C)C. The van der Waals surface area contributed by atoms with Gasteiger partial charge in [-0.1, -0.05) is 20.8 Å². The third kappa shape index (κ3) is 4.15. The van der Waals surface area contributed by atoms with E-state index >= 15 is 0 Å². The molecule has 0 radical (unpaired) electrons. The average Bonchev–Trinajstić information content (AvgIpc) is 2.94. The highest BCUT2D eigenvalue weighted by Gasteiger charge is 2.22. The van der Waals surface area contributed by atoms with Crippen molar-refractivity contribution in [1.82, 2.24) is 19.9 Å². The van der Waals surface area contributed by atoms with E-state index in [-0.39, 0.29) is 17.9 Å². The van der Waals surface area contributed by atoms with Crippen LogP contribution >= 0.6 is 0 Å². The molecule has 0 aliphatic rings. The molecule has 1 amide bonds. The molecule has 0 aromatic carbocycles. The predicted molar refractivity (Wildman–Crippen MR) is 94.0 cm³/mol. The molecule has 0 spiro atoms. The molecule has 2 N–H and O–H groups in total. The van der Waals surface area contributed by atoms with E-state index < -0.39 is 6.10 Å². The highest BCUT2D eigenvalue weighted by Crippen LogP contribution is 2.19. The zero-order valence-electron chi connectivity index (χ0n) is 15.4. The topological polar surface area (TPSA) is 103 Å². The number of aliphatic hydroxyl groups excluding tert-OH is 1. The Morgan fingerprint density at radius 2 is 2.12 bits per heavy atom. The number of rotatable bonds is 5. The van der Waals surface area contributed by atoms with Crippen LogP contribution in [0.1, 0.15) is 49.7 Å². The minimum Gasteiger partial charge on any atom is -0.391 e. The molecule has 2 heterocycles. The Hall–Kier alpha value is -2.46. The first-order chi connectivity index (χ1) is 11.6. The van der Waals surface area contributed by atoms with Crippen molar-refractivity contribution < 1.29 is 9.90 Å². The molecule has 0 aliphatic heterocycles. The minimum absolute atomic E-state index is 0.111. The quantitative estimate of drug-likeness (QED) is 0.859. The van der Waals surface area contributed by atoms with Gasteiger partial charge in [0.2, 0.25) is 5.91 Å². The van der Waals surface area contributed by atoms with E-state index in [2.05, 4.69) is 21.5 Å². The second-order valence-corrected chi connectivity index (χ2v) is 7.35. The Kier molecular flexibility index (Phi) is 5.43. The van der Waals surface area contributed by atoms with E-state index in [1.165, 1.54) is 6.20 Å². The molecule has 134 valence electrons. The number of aliphatic hydroxyl groups is 1. The van der Waals surface area contributed by atoms with E-state index in [9.17, 15) is 9.90 Å². The Morgan fingerprint density at radius 1 is 1.44 bits per heavy atom. The lowest BCUT2D eigenvalue weighted by Crippen LogP contribution is -2.39. The molecule has 0 bridgehead atoms. The van der Waals surface area contributed by atoms with Crippen molar-refractivity contribution in [3.8, 4) is 6.07 Å². The third-order valence-corrected chi connectivity index (χ3v) is 4.42. The number of carbonyl (C=O) groups is 1. The fraction of sp³-hybridized carbons (Fsp3) is 0.556. The summed E-state index contributed by atoms with van der Waals surface area (Å²) in [5.41, 5.74) is 3.34. The fourth-order valence-corrected chi connectivity index (χ4v) is 2.60. The van der Waals surface area contributed by atoms with Gasteiger partial charge in [-0.05, 0) is 31.2 Å². The zero-order chi connectivity index (χ0) is 18.8. The van der Waals surface area contributed by atoms with E-state index in [1.54, 1.807) is 4.52 Å². The summed E-state index contributed by atoms with van der Waals surface area (Å²) in [7, 11) is 0. The summed E-state index contributed by atoms with van der Waals surface area (Å²) in [6.45, 7) is 9.80. The van der Waals surface area contributed by atoms with E-state index in [4.69, 9.17) is 5.26 Å². The number of hydrogen-bond acceptors (Lipinski definition) is 5. The van der Waals surface area contributed by atoms with Crippen LogP contribution in [0.5, 0.6) is 0 Å². The maximum Gasteiger partial charge on any atom is 0.220 e. The van der Waals surface area contributed by atoms with Crippen molar-refractivity contribution in [3.05, 3.63) is 28.7 Å². The highest BCUT2D eigenvalue weighted by molar-refractivity contribution is 5.76. The first-order valence-corrected chi connectivity index (χ1v) is 8.33. The van der Waals surface area contributed by atoms with Crippen LogP contribution < -0.4 is 5.32 Å². The van der Waals surface area contributed by atoms with Crippen molar-refractivity contribution >= 4 is 11.6 Å². The predicted octanol–water partition coefficient (Wildman–Crippen LogP) is 1.67. The standard InChI is InChI=1S/C18H25N5O2/c1-11-14(6-7-16(25)20-10-15(24)18(3,4)5)12(2)23-17(22-11)13(8-19)9-21-23/h9,15,24H,6-7,10H2,1-5H3,(H,20,25). The number of hydrogen-bond donors (Lipinski definition) is 2. The largest absolute Gasteiger partial charge is 0.391 e. The van der Waals surface area contributed by atoms with Gasteiger partial charge in [0.05, 0.1) is 12.3 Å². The molecule has 0 saturated heterocycles. The lowest BCUT2D eigenvalue weighted by atomic mass is 9.89. The van der Waals surface area contributed by atoms with Gasteiger partial charge in [-0.3, -0.25) is 4.79 Å². The van der Waals surface area contributed by atoms with Crippen LogP contribution in [0.3, 0.4) is 0 Å². The second-order valence-electron chi connectivity index (χ2n) is 7.35. The third-order valence-electron chi connectivity index (χ3n) is 4.42. The number of nitrogens with one attached hydrogen (secondary N) is 1. The Labute approximate surface area is 147 Å². The van der Waals surface area contributed by atoms with E-state index in [0.717, 1.165) is 17.0 Å². The van der Waals surface area contributed by atoms with E-state index in [1.807, 2.05) is 34.6 Å². The lowest BCUT2D eigenvalue weighted by Gasteiger charge is -2.25. The number of nitrogens with zero attached hydrogens (tertiary/aromatic N) is 4. The number of nitriles is 1. The van der Waals surface area contributed by atoms with Crippen LogP contribution in [0, 0.1) is 30.6 Å². The summed E-state index contributed by atoms with van der Waals surface area (Å²) in [6.07, 6.45) is 1.74. The number of amides is 1. The van der Waals surface area contributed by atoms with Crippen molar-refractivity contribution in [3.63, 3.8) is 0 Å². The molecule has 0 aliphatic carbocycles. The number of aryl methyl sites for hydroxylation is 2. The summed E-state index contributed by atoms with van der Waals surface area (Å²) in [6, 6.07) is 2.08. The Balaban J connectivity index is 2.06. The smallest absolute Gasteiger partial charge is 0.220 e. The minimum atomic E-state index is -0.591. The molecule has 7 nitrogen and oxygen atoms in total. The van der Waals surface area contributed by atoms with Crippen molar-refractivity contribution in [1.29, 1.82) is 5.26 Å². The molecule has 0 saturated carbocycles. The van der Waals surface area contributed by atoms with Gasteiger partial charge >= 0.3 is 0 Å². The van der Waals surface area contributed by atoms with Crippen molar-refractivity contribution in [2.45, 2.75) is 53.6 Å². The molecule has 25 heavy (non-hydrogen) atoms. The van der Waals surface area contributed by atoms with Gasteiger partial charge in [0.1, 0.15) is 11.6 Å². The van der Waals surface area contributed by atoms with Gasteiger partial charge in [-0.2, -0.15) is 10.4 Å². The average molecular weight is 343 g/mol. The molecular weight excluding hydrogens is 318 g/mol. The molecule has 7 heteroatoms. The highest BCUT2D eigenvalue weighted by atomic mass is 16.3. The van der Waals surface area contributed by atoms with Crippen LogP contribution in [-0.4, -0.2) is 38.3 Å². The maximum atomic E-state index is 12.1. The summed E-state index contributed by atoms with van der Waals surface area (Å²) in [5.74, 6) is -0.111. The normalized spacial score (nSPS) is 12.8. The van der Waals surface area contributed by atoms with Crippen LogP contribution in [0.2, 0.25) is 0 Å². The molecule has 0 fully saturated rings. The second kappa shape index (κ2) is 7.19. The summed E-state index contributed by atoms with van der Waals surface area (Å²) < 4.78 is 1.64. The van der Waals surface area contributed by atoms with Gasteiger partial charge in [0.15, 0.2) is 5.65 Å². The van der Waals surface area contributed by atoms with Crippen LogP contribution in [0.25, 0.3) is 5.65 Å². The molecule has 2 rings (SSSR count). The fourth-order valence-electron chi connectivity index (χ4n) is 2.60. The van der Waals surface area contributed by atoms with Crippen molar-refractivity contribution in [2.75, 3.05) is 6.54 Å². The molecule has 2 aromatic rings. The first-order valence-electron chi connectivity index (χ1n) is 8.33. The van der Waals surface area contributed by atoms with Gasteiger partial charge < -0.3 is 10.4 Å². The van der Waals surface area contributed by atoms with Crippen LogP contribution in [0.15, 0.2) is 6.20 Å². The summed E-state index contributed by atoms with van der Waals surface area (Å²) >= 11 is 0. The van der Waals surface area contributed by atoms with Gasteiger partial charge in [-0.25, -0.2) is 9.50 Å². The molecular formula is C18H25N5O2. The van der Waals surface area contributed by atoms with Gasteiger partial charge in [0.25, 0.3) is 0 Å². The van der Waals surface area contributed by atoms with Gasteiger partial charge in [0, 0.05) is 24.4 Å². The number of carbonyl (C=O) groups excluding carboxylic acids is 1. The molecule has 1 unspecified atom stereocenters. The monoisotopic (exact) mass is 343 g/mol. The summed E-state index contributed by atoms with van der Waals surface area (Å²) in [4.78, 5) is 16.5. The first kappa shape index (κ1) is 18.9. The zero-order valence-corrected chi connectivity index (χ0v) is 15.4. The van der Waals surface area contributed by atoms with Crippen LogP contribution in [-0.2, 0) is 11.2 Å². The number of aromatic nitrogens is 3.